The molecule has 25 heavy (non-hydrogen) atoms. The molecule has 0 saturated heterocycles. The van der Waals surface area contributed by atoms with Gasteiger partial charge in [0, 0.05) is 30.3 Å². The summed E-state index contributed by atoms with van der Waals surface area (Å²) in [7, 11) is 2.96. The monoisotopic (exact) mass is 362 g/mol. The summed E-state index contributed by atoms with van der Waals surface area (Å²) in [4.78, 5) is 22.1. The van der Waals surface area contributed by atoms with E-state index in [2.05, 4.69) is 5.32 Å². The number of amides is 1. The normalized spacial score (nSPS) is 10.5. The summed E-state index contributed by atoms with van der Waals surface area (Å²) in [5, 5.41) is 13.5. The molecule has 1 N–H and O–H groups in total. The fourth-order valence-corrected chi connectivity index (χ4v) is 2.20. The SMILES string of the molecule is COc1cc(Cl)c(NC(=O)C=Cc2ccc([N+](=O)[O-])cc2)cc1OC. The van der Waals surface area contributed by atoms with Crippen LogP contribution in [0.3, 0.4) is 0 Å². The van der Waals surface area contributed by atoms with Gasteiger partial charge in [-0.2, -0.15) is 0 Å². The van der Waals surface area contributed by atoms with Crippen LogP contribution in [0.5, 0.6) is 11.5 Å². The van der Waals surface area contributed by atoms with Gasteiger partial charge in [-0.25, -0.2) is 0 Å². The van der Waals surface area contributed by atoms with E-state index in [4.69, 9.17) is 21.1 Å². The molecule has 2 rings (SSSR count). The Morgan fingerprint density at radius 2 is 1.76 bits per heavy atom. The van der Waals surface area contributed by atoms with E-state index >= 15 is 0 Å². The lowest BCUT2D eigenvalue weighted by molar-refractivity contribution is -0.384. The number of carbonyl (C=O) groups excluding carboxylic acids is 1. The van der Waals surface area contributed by atoms with E-state index in [0.717, 1.165) is 0 Å². The highest BCUT2D eigenvalue weighted by molar-refractivity contribution is 6.34. The highest BCUT2D eigenvalue weighted by Crippen LogP contribution is 2.36. The van der Waals surface area contributed by atoms with Crippen molar-refractivity contribution < 1.29 is 19.2 Å². The van der Waals surface area contributed by atoms with Gasteiger partial charge in [0.2, 0.25) is 5.91 Å². The molecular weight excluding hydrogens is 348 g/mol. The average Bonchev–Trinajstić information content (AvgIpc) is 2.61. The number of benzene rings is 2. The second kappa shape index (κ2) is 8.16. The van der Waals surface area contributed by atoms with Crippen LogP contribution in [0.25, 0.3) is 6.08 Å². The fourth-order valence-electron chi connectivity index (χ4n) is 2.00. The van der Waals surface area contributed by atoms with Gasteiger partial charge < -0.3 is 14.8 Å². The molecule has 0 aliphatic carbocycles. The van der Waals surface area contributed by atoms with E-state index in [9.17, 15) is 14.9 Å². The number of methoxy groups -OCH3 is 2. The Bertz CT molecular complexity index is 819. The third-order valence-electron chi connectivity index (χ3n) is 3.26. The van der Waals surface area contributed by atoms with Crippen LogP contribution in [0.2, 0.25) is 5.02 Å². The van der Waals surface area contributed by atoms with Crippen molar-refractivity contribution in [3.8, 4) is 11.5 Å². The number of hydrogen-bond acceptors (Lipinski definition) is 5. The summed E-state index contributed by atoms with van der Waals surface area (Å²) < 4.78 is 10.3. The second-order valence-electron chi connectivity index (χ2n) is 4.86. The maximum atomic E-state index is 12.0. The number of carbonyl (C=O) groups is 1. The number of nitrogens with one attached hydrogen (secondary N) is 1. The molecule has 0 aromatic heterocycles. The number of halogens is 1. The van der Waals surface area contributed by atoms with E-state index in [1.807, 2.05) is 0 Å². The van der Waals surface area contributed by atoms with E-state index < -0.39 is 10.8 Å². The number of nitro groups is 1. The zero-order valence-corrected chi connectivity index (χ0v) is 14.2. The number of nitrogens with zero attached hydrogens (tertiary/aromatic N) is 1. The Hall–Kier alpha value is -3.06. The van der Waals surface area contributed by atoms with Crippen molar-refractivity contribution in [3.63, 3.8) is 0 Å². The van der Waals surface area contributed by atoms with Crippen molar-refractivity contribution in [2.45, 2.75) is 0 Å². The van der Waals surface area contributed by atoms with Crippen molar-refractivity contribution in [3.05, 3.63) is 63.2 Å². The minimum atomic E-state index is -0.487. The maximum absolute atomic E-state index is 12.0. The molecule has 0 heterocycles. The topological polar surface area (TPSA) is 90.7 Å². The van der Waals surface area contributed by atoms with Crippen molar-refractivity contribution in [2.24, 2.45) is 0 Å². The highest BCUT2D eigenvalue weighted by atomic mass is 35.5. The number of rotatable bonds is 6. The van der Waals surface area contributed by atoms with Gasteiger partial charge in [-0.15, -0.1) is 0 Å². The standard InChI is InChI=1S/C17H15ClN2O5/c1-24-15-9-13(18)14(10-16(15)25-2)19-17(21)8-5-11-3-6-12(7-4-11)20(22)23/h3-10H,1-2H3,(H,19,21). The molecule has 0 saturated carbocycles. The predicted octanol–water partition coefficient (Wildman–Crippen LogP) is 3.92. The van der Waals surface area contributed by atoms with Crippen LogP contribution in [-0.4, -0.2) is 25.1 Å². The van der Waals surface area contributed by atoms with Gasteiger partial charge in [0.15, 0.2) is 11.5 Å². The first kappa shape index (κ1) is 18.3. The van der Waals surface area contributed by atoms with E-state index in [0.29, 0.717) is 27.8 Å². The summed E-state index contributed by atoms with van der Waals surface area (Å²) in [6.45, 7) is 0. The highest BCUT2D eigenvalue weighted by Gasteiger charge is 2.11. The van der Waals surface area contributed by atoms with Gasteiger partial charge in [0.25, 0.3) is 5.69 Å². The smallest absolute Gasteiger partial charge is 0.269 e. The summed E-state index contributed by atoms with van der Waals surface area (Å²) in [6.07, 6.45) is 2.84. The van der Waals surface area contributed by atoms with Crippen LogP contribution in [0.1, 0.15) is 5.56 Å². The second-order valence-corrected chi connectivity index (χ2v) is 5.27. The molecule has 130 valence electrons. The molecule has 1 amide bonds. The van der Waals surface area contributed by atoms with Crippen LogP contribution >= 0.6 is 11.6 Å². The maximum Gasteiger partial charge on any atom is 0.269 e. The molecule has 2 aromatic rings. The Balaban J connectivity index is 2.10. The molecule has 0 radical (unpaired) electrons. The predicted molar refractivity (Wildman–Crippen MR) is 95.3 cm³/mol. The molecule has 0 spiro atoms. The molecule has 0 bridgehead atoms. The first-order valence-electron chi connectivity index (χ1n) is 7.09. The molecular formula is C17H15ClN2O5. The summed E-state index contributed by atoms with van der Waals surface area (Å²) >= 11 is 6.11. The molecule has 0 unspecified atom stereocenters. The van der Waals surface area contributed by atoms with Gasteiger partial charge >= 0.3 is 0 Å². The van der Waals surface area contributed by atoms with Crippen molar-refractivity contribution >= 4 is 35.0 Å². The minimum Gasteiger partial charge on any atom is -0.493 e. The third kappa shape index (κ3) is 4.71. The largest absolute Gasteiger partial charge is 0.493 e. The van der Waals surface area contributed by atoms with Crippen LogP contribution in [0, 0.1) is 10.1 Å². The van der Waals surface area contributed by atoms with Crippen LogP contribution in [0.4, 0.5) is 11.4 Å². The first-order valence-corrected chi connectivity index (χ1v) is 7.47. The minimum absolute atomic E-state index is 0.0151. The molecule has 7 nitrogen and oxygen atoms in total. The summed E-state index contributed by atoms with van der Waals surface area (Å²) in [5.41, 5.74) is 1.01. The van der Waals surface area contributed by atoms with E-state index in [1.54, 1.807) is 18.2 Å². The molecule has 0 atom stereocenters. The lowest BCUT2D eigenvalue weighted by Crippen LogP contribution is -2.08. The number of non-ortho nitro benzene ring substituents is 1. The number of ether oxygens (including phenoxy) is 2. The molecule has 8 heteroatoms. The van der Waals surface area contributed by atoms with Crippen LogP contribution in [-0.2, 0) is 4.79 Å². The van der Waals surface area contributed by atoms with Gasteiger partial charge in [0.05, 0.1) is 29.9 Å². The van der Waals surface area contributed by atoms with E-state index in [1.165, 1.54) is 44.6 Å². The zero-order valence-electron chi connectivity index (χ0n) is 13.5. The zero-order chi connectivity index (χ0) is 18.4. The Morgan fingerprint density at radius 3 is 2.32 bits per heavy atom. The van der Waals surface area contributed by atoms with E-state index in [-0.39, 0.29) is 5.69 Å². The molecule has 0 fully saturated rings. The Kier molecular flexibility index (Phi) is 5.97. The Morgan fingerprint density at radius 1 is 1.16 bits per heavy atom. The lowest BCUT2D eigenvalue weighted by atomic mass is 10.2. The molecule has 0 aliphatic heterocycles. The van der Waals surface area contributed by atoms with Crippen molar-refractivity contribution in [1.29, 1.82) is 0 Å². The number of hydrogen-bond donors (Lipinski definition) is 1. The number of anilines is 1. The quantitative estimate of drug-likeness (QED) is 0.478. The van der Waals surface area contributed by atoms with Crippen molar-refractivity contribution in [1.82, 2.24) is 0 Å². The fraction of sp³-hybridized carbons (Fsp3) is 0.118. The van der Waals surface area contributed by atoms with Gasteiger partial charge in [0.1, 0.15) is 0 Å². The average molecular weight is 363 g/mol. The first-order chi connectivity index (χ1) is 11.9. The van der Waals surface area contributed by atoms with Crippen molar-refractivity contribution in [2.75, 3.05) is 19.5 Å². The summed E-state index contributed by atoms with van der Waals surface area (Å²) in [6, 6.07) is 8.91. The molecule has 0 aliphatic rings. The summed E-state index contributed by atoms with van der Waals surface area (Å²) in [5.74, 6) is 0.473. The van der Waals surface area contributed by atoms with Gasteiger partial charge in [-0.1, -0.05) is 11.6 Å². The van der Waals surface area contributed by atoms with Gasteiger partial charge in [-0.05, 0) is 23.8 Å². The number of nitro benzene ring substituents is 1. The molecule has 2 aromatic carbocycles. The third-order valence-corrected chi connectivity index (χ3v) is 3.57. The van der Waals surface area contributed by atoms with Crippen LogP contribution < -0.4 is 14.8 Å². The van der Waals surface area contributed by atoms with Crippen LogP contribution in [0.15, 0.2) is 42.5 Å². The van der Waals surface area contributed by atoms with Gasteiger partial charge in [-0.3, -0.25) is 14.9 Å². The Labute approximate surface area is 149 Å². The lowest BCUT2D eigenvalue weighted by Gasteiger charge is -2.11.